The molecule has 0 aromatic carbocycles. The van der Waals surface area contributed by atoms with Crippen molar-refractivity contribution in [3.05, 3.63) is 0 Å². The number of methoxy groups -OCH3 is 1. The van der Waals surface area contributed by atoms with Gasteiger partial charge in [0, 0.05) is 46.1 Å². The molecule has 1 saturated heterocycles. The third-order valence-corrected chi connectivity index (χ3v) is 4.64. The minimum atomic E-state index is -0.0602. The van der Waals surface area contributed by atoms with Crippen molar-refractivity contribution in [2.75, 3.05) is 40.4 Å². The fourth-order valence-corrected chi connectivity index (χ4v) is 3.41. The zero-order chi connectivity index (χ0) is 16.5. The molecule has 6 nitrogen and oxygen atoms in total. The Morgan fingerprint density at radius 2 is 2.04 bits per heavy atom. The molecule has 1 aliphatic carbocycles. The molecule has 0 aromatic rings. The van der Waals surface area contributed by atoms with Crippen LogP contribution in [0.25, 0.3) is 0 Å². The third kappa shape index (κ3) is 7.13. The first-order valence-corrected chi connectivity index (χ1v) is 8.87. The van der Waals surface area contributed by atoms with E-state index in [1.165, 1.54) is 12.8 Å². The Morgan fingerprint density at radius 3 is 2.71 bits per heavy atom. The lowest BCUT2D eigenvalue weighted by atomic mass is 10.1. The number of nitrogens with one attached hydrogen (secondary N) is 1. The Morgan fingerprint density at radius 1 is 1.29 bits per heavy atom. The monoisotopic (exact) mass is 453 g/mol. The molecule has 1 unspecified atom stereocenters. The number of hydrogen-bond acceptors (Lipinski definition) is 4. The lowest BCUT2D eigenvalue weighted by Crippen LogP contribution is -2.40. The van der Waals surface area contributed by atoms with Gasteiger partial charge >= 0.3 is 5.97 Å². The highest BCUT2D eigenvalue weighted by Gasteiger charge is 2.24. The van der Waals surface area contributed by atoms with E-state index in [4.69, 9.17) is 9.47 Å². The molecule has 24 heavy (non-hydrogen) atoms. The van der Waals surface area contributed by atoms with E-state index in [1.54, 1.807) is 14.2 Å². The second-order valence-electron chi connectivity index (χ2n) is 6.53. The zero-order valence-electron chi connectivity index (χ0n) is 15.0. The SMILES string of the molecule is CN=C(NCCCC(=O)OC1CCCC1)N1CCC(COC)C1.I. The van der Waals surface area contributed by atoms with E-state index in [9.17, 15) is 4.79 Å². The number of carbonyl (C=O) groups excluding carboxylic acids is 1. The molecule has 1 aliphatic heterocycles. The summed E-state index contributed by atoms with van der Waals surface area (Å²) in [5.74, 6) is 1.45. The number of esters is 1. The van der Waals surface area contributed by atoms with Crippen molar-refractivity contribution in [1.29, 1.82) is 0 Å². The molecule has 0 spiro atoms. The molecule has 0 bridgehead atoms. The number of guanidine groups is 1. The maximum absolute atomic E-state index is 11.8. The maximum atomic E-state index is 11.8. The second kappa shape index (κ2) is 11.9. The quantitative estimate of drug-likeness (QED) is 0.211. The number of carbonyl (C=O) groups is 1. The highest BCUT2D eigenvalue weighted by molar-refractivity contribution is 14.0. The zero-order valence-corrected chi connectivity index (χ0v) is 17.3. The van der Waals surface area contributed by atoms with Gasteiger partial charge in [0.2, 0.25) is 0 Å². The van der Waals surface area contributed by atoms with Crippen LogP contribution in [0.2, 0.25) is 0 Å². The van der Waals surface area contributed by atoms with Gasteiger partial charge in [-0.2, -0.15) is 0 Å². The van der Waals surface area contributed by atoms with Crippen LogP contribution in [-0.2, 0) is 14.3 Å². The molecular formula is C17H32IN3O3. The number of rotatable bonds is 7. The van der Waals surface area contributed by atoms with Gasteiger partial charge in [0.25, 0.3) is 0 Å². The van der Waals surface area contributed by atoms with Crippen LogP contribution in [0.4, 0.5) is 0 Å². The van der Waals surface area contributed by atoms with E-state index in [0.717, 1.165) is 57.9 Å². The number of aliphatic imine (C=N–C) groups is 1. The smallest absolute Gasteiger partial charge is 0.306 e. The molecule has 0 amide bonds. The number of halogens is 1. The van der Waals surface area contributed by atoms with Crippen LogP contribution in [0.5, 0.6) is 0 Å². The molecule has 140 valence electrons. The van der Waals surface area contributed by atoms with Crippen LogP contribution >= 0.6 is 24.0 Å². The minimum Gasteiger partial charge on any atom is -0.462 e. The molecule has 0 aromatic heterocycles. The highest BCUT2D eigenvalue weighted by Crippen LogP contribution is 2.21. The van der Waals surface area contributed by atoms with Crippen molar-refractivity contribution in [3.63, 3.8) is 0 Å². The van der Waals surface area contributed by atoms with Crippen LogP contribution in [0.15, 0.2) is 4.99 Å². The Bertz CT molecular complexity index is 401. The summed E-state index contributed by atoms with van der Waals surface area (Å²) in [6, 6.07) is 0. The lowest BCUT2D eigenvalue weighted by molar-refractivity contribution is -0.148. The highest BCUT2D eigenvalue weighted by atomic mass is 127. The summed E-state index contributed by atoms with van der Waals surface area (Å²) in [6.45, 7) is 3.55. The first-order chi connectivity index (χ1) is 11.2. The van der Waals surface area contributed by atoms with Crippen LogP contribution in [0.3, 0.4) is 0 Å². The van der Waals surface area contributed by atoms with Gasteiger partial charge in [-0.05, 0) is 38.5 Å². The topological polar surface area (TPSA) is 63.2 Å². The van der Waals surface area contributed by atoms with Gasteiger partial charge in [0.1, 0.15) is 6.10 Å². The van der Waals surface area contributed by atoms with Crippen molar-refractivity contribution in [2.24, 2.45) is 10.9 Å². The van der Waals surface area contributed by atoms with Crippen LogP contribution < -0.4 is 5.32 Å². The van der Waals surface area contributed by atoms with E-state index in [1.807, 2.05) is 0 Å². The summed E-state index contributed by atoms with van der Waals surface area (Å²) in [5.41, 5.74) is 0. The van der Waals surface area contributed by atoms with E-state index >= 15 is 0 Å². The van der Waals surface area contributed by atoms with Gasteiger partial charge in [-0.15, -0.1) is 24.0 Å². The van der Waals surface area contributed by atoms with Crippen molar-refractivity contribution in [1.82, 2.24) is 10.2 Å². The van der Waals surface area contributed by atoms with Gasteiger partial charge in [-0.25, -0.2) is 0 Å². The van der Waals surface area contributed by atoms with Gasteiger partial charge in [-0.3, -0.25) is 9.79 Å². The molecule has 1 atom stereocenters. The molecule has 1 N–H and O–H groups in total. The average Bonchev–Trinajstić information content (AvgIpc) is 3.20. The minimum absolute atomic E-state index is 0. The Labute approximate surface area is 162 Å². The number of hydrogen-bond donors (Lipinski definition) is 1. The van der Waals surface area contributed by atoms with Gasteiger partial charge < -0.3 is 19.7 Å². The molecule has 2 aliphatic rings. The van der Waals surface area contributed by atoms with Crippen molar-refractivity contribution >= 4 is 35.9 Å². The molecule has 2 fully saturated rings. The lowest BCUT2D eigenvalue weighted by Gasteiger charge is -2.21. The molecule has 1 saturated carbocycles. The maximum Gasteiger partial charge on any atom is 0.306 e. The summed E-state index contributed by atoms with van der Waals surface area (Å²) < 4.78 is 10.7. The Hall–Kier alpha value is -0.570. The van der Waals surface area contributed by atoms with Crippen molar-refractivity contribution < 1.29 is 14.3 Å². The summed E-state index contributed by atoms with van der Waals surface area (Å²) in [5, 5.41) is 3.35. The normalized spacial score (nSPS) is 21.7. The first-order valence-electron chi connectivity index (χ1n) is 8.87. The first kappa shape index (κ1) is 21.5. The fraction of sp³-hybridized carbons (Fsp3) is 0.882. The summed E-state index contributed by atoms with van der Waals surface area (Å²) >= 11 is 0. The largest absolute Gasteiger partial charge is 0.462 e. The molecule has 2 rings (SSSR count). The predicted octanol–water partition coefficient (Wildman–Crippen LogP) is 2.41. The number of likely N-dealkylation sites (tertiary alicyclic amines) is 1. The van der Waals surface area contributed by atoms with Crippen molar-refractivity contribution in [2.45, 2.75) is 51.0 Å². The summed E-state index contributed by atoms with van der Waals surface area (Å²) in [7, 11) is 3.56. The second-order valence-corrected chi connectivity index (χ2v) is 6.53. The van der Waals surface area contributed by atoms with Crippen LogP contribution in [-0.4, -0.2) is 63.3 Å². The number of nitrogens with zero attached hydrogens (tertiary/aromatic N) is 2. The molecule has 1 heterocycles. The summed E-state index contributed by atoms with van der Waals surface area (Å²) in [4.78, 5) is 18.4. The Balaban J connectivity index is 0.00000288. The Kier molecular flexibility index (Phi) is 10.6. The van der Waals surface area contributed by atoms with Crippen LogP contribution in [0.1, 0.15) is 44.9 Å². The van der Waals surface area contributed by atoms with Gasteiger partial charge in [-0.1, -0.05) is 0 Å². The third-order valence-electron chi connectivity index (χ3n) is 4.64. The number of ether oxygens (including phenoxy) is 2. The van der Waals surface area contributed by atoms with E-state index in [0.29, 0.717) is 12.3 Å². The predicted molar refractivity (Wildman–Crippen MR) is 106 cm³/mol. The van der Waals surface area contributed by atoms with Crippen molar-refractivity contribution in [3.8, 4) is 0 Å². The standard InChI is InChI=1S/C17H31N3O3.HI/c1-18-17(20-11-9-14(12-20)13-22-2)19-10-5-8-16(21)23-15-6-3-4-7-15;/h14-15H,3-13H2,1-2H3,(H,18,19);1H. The fourth-order valence-electron chi connectivity index (χ4n) is 3.41. The molecule has 0 radical (unpaired) electrons. The molecule has 7 heteroatoms. The average molecular weight is 453 g/mol. The van der Waals surface area contributed by atoms with Gasteiger partial charge in [0.15, 0.2) is 5.96 Å². The van der Waals surface area contributed by atoms with E-state index in [-0.39, 0.29) is 36.0 Å². The van der Waals surface area contributed by atoms with E-state index in [2.05, 4.69) is 15.2 Å². The van der Waals surface area contributed by atoms with Gasteiger partial charge in [0.05, 0.1) is 6.61 Å². The molecular weight excluding hydrogens is 421 g/mol. The van der Waals surface area contributed by atoms with E-state index < -0.39 is 0 Å². The van der Waals surface area contributed by atoms with Crippen LogP contribution in [0, 0.1) is 5.92 Å². The summed E-state index contributed by atoms with van der Waals surface area (Å²) in [6.07, 6.45) is 7.02.